The van der Waals surface area contributed by atoms with Crippen LogP contribution in [0, 0.1) is 5.82 Å². The second kappa shape index (κ2) is 9.06. The highest BCUT2D eigenvalue weighted by atomic mass is 32.2. The van der Waals surface area contributed by atoms with Crippen LogP contribution in [0.25, 0.3) is 5.69 Å². The molecule has 0 saturated heterocycles. The Morgan fingerprint density at radius 3 is 2.63 bits per heavy atom. The predicted molar refractivity (Wildman–Crippen MR) is 112 cm³/mol. The van der Waals surface area contributed by atoms with Crippen LogP contribution in [0.4, 0.5) is 4.39 Å². The third kappa shape index (κ3) is 4.66. The van der Waals surface area contributed by atoms with Crippen LogP contribution in [0.15, 0.2) is 71.2 Å². The first-order chi connectivity index (χ1) is 14.6. The summed E-state index contributed by atoms with van der Waals surface area (Å²) in [6.07, 6.45) is 0. The molecule has 0 aliphatic heterocycles. The summed E-state index contributed by atoms with van der Waals surface area (Å²) in [6, 6.07) is 16.0. The van der Waals surface area contributed by atoms with Gasteiger partial charge in [0, 0.05) is 4.88 Å². The fourth-order valence-electron chi connectivity index (χ4n) is 2.79. The van der Waals surface area contributed by atoms with Crippen molar-refractivity contribution in [3.05, 3.63) is 82.3 Å². The first kappa shape index (κ1) is 20.0. The highest BCUT2D eigenvalue weighted by Gasteiger charge is 2.19. The lowest BCUT2D eigenvalue weighted by Crippen LogP contribution is -2.30. The highest BCUT2D eigenvalue weighted by Crippen LogP contribution is 2.27. The second-order valence-corrected chi connectivity index (χ2v) is 8.17. The molecule has 0 saturated carbocycles. The number of thiophene rings is 1. The fourth-order valence-corrected chi connectivity index (χ4v) is 4.29. The quantitative estimate of drug-likeness (QED) is 0.426. The minimum absolute atomic E-state index is 0.0987. The Kier molecular flexibility index (Phi) is 6.05. The van der Waals surface area contributed by atoms with Crippen LogP contribution in [-0.4, -0.2) is 37.0 Å². The van der Waals surface area contributed by atoms with E-state index in [1.165, 1.54) is 52.0 Å². The maximum absolute atomic E-state index is 13.3. The number of hydrogen-bond donors (Lipinski definition) is 2. The van der Waals surface area contributed by atoms with E-state index in [9.17, 15) is 14.3 Å². The van der Waals surface area contributed by atoms with Crippen LogP contribution in [0.5, 0.6) is 5.75 Å². The van der Waals surface area contributed by atoms with E-state index in [0.717, 1.165) is 10.4 Å². The monoisotopic (exact) mass is 441 g/mol. The second-order valence-electron chi connectivity index (χ2n) is 6.25. The third-order valence-corrected chi connectivity index (χ3v) is 6.06. The number of thioether (sulfide) groups is 1. The van der Waals surface area contributed by atoms with Gasteiger partial charge in [-0.05, 0) is 63.8 Å². The summed E-state index contributed by atoms with van der Waals surface area (Å²) in [7, 11) is 0. The molecule has 0 unspecified atom stereocenters. The Morgan fingerprint density at radius 2 is 1.93 bits per heavy atom. The number of rotatable bonds is 7. The van der Waals surface area contributed by atoms with Crippen molar-refractivity contribution < 1.29 is 14.3 Å². The average molecular weight is 442 g/mol. The summed E-state index contributed by atoms with van der Waals surface area (Å²) in [5.74, 6) is -0.294. The number of carbonyl (C=O) groups excluding carboxylic acids is 1. The molecule has 2 heterocycles. The van der Waals surface area contributed by atoms with Gasteiger partial charge in [0.1, 0.15) is 11.6 Å². The number of phenolic OH excluding ortho intramolecular Hbond substituents is 1. The molecule has 0 aliphatic carbocycles. The Morgan fingerprint density at radius 1 is 1.17 bits per heavy atom. The number of hydrogen-bond acceptors (Lipinski definition) is 7. The van der Waals surface area contributed by atoms with Gasteiger partial charge in [-0.1, -0.05) is 30.0 Å². The first-order valence-electron chi connectivity index (χ1n) is 8.89. The first-order valence-corrected chi connectivity index (χ1v) is 10.8. The van der Waals surface area contributed by atoms with E-state index in [4.69, 9.17) is 0 Å². The SMILES string of the molecule is O=C(CSc1nnnn1-c1ccc(O)cc1)N[C@H](c1ccc(F)cc1)c1cccs1. The maximum atomic E-state index is 13.3. The van der Waals surface area contributed by atoms with Crippen LogP contribution >= 0.6 is 23.1 Å². The van der Waals surface area contributed by atoms with Gasteiger partial charge in [0.25, 0.3) is 0 Å². The summed E-state index contributed by atoms with van der Waals surface area (Å²) in [6.45, 7) is 0. The Balaban J connectivity index is 1.46. The number of aromatic nitrogens is 4. The summed E-state index contributed by atoms with van der Waals surface area (Å²) >= 11 is 2.71. The van der Waals surface area contributed by atoms with Gasteiger partial charge in [-0.15, -0.1) is 16.4 Å². The lowest BCUT2D eigenvalue weighted by Gasteiger charge is -2.18. The number of phenols is 1. The molecule has 1 atom stereocenters. The van der Waals surface area contributed by atoms with Crippen molar-refractivity contribution in [1.82, 2.24) is 25.5 Å². The molecule has 2 aromatic heterocycles. The van der Waals surface area contributed by atoms with Gasteiger partial charge in [0.05, 0.1) is 17.5 Å². The molecule has 4 rings (SSSR count). The molecule has 2 aromatic carbocycles. The lowest BCUT2D eigenvalue weighted by molar-refractivity contribution is -0.119. The van der Waals surface area contributed by atoms with E-state index in [-0.39, 0.29) is 29.3 Å². The molecule has 0 radical (unpaired) electrons. The molecule has 0 bridgehead atoms. The van der Waals surface area contributed by atoms with Crippen molar-refractivity contribution in [2.24, 2.45) is 0 Å². The largest absolute Gasteiger partial charge is 0.508 e. The van der Waals surface area contributed by atoms with Crippen LogP contribution in [0.2, 0.25) is 0 Å². The van der Waals surface area contributed by atoms with Crippen molar-refractivity contribution in [2.45, 2.75) is 11.2 Å². The van der Waals surface area contributed by atoms with E-state index in [1.54, 1.807) is 24.3 Å². The van der Waals surface area contributed by atoms with Gasteiger partial charge in [-0.25, -0.2) is 4.39 Å². The molecule has 152 valence electrons. The van der Waals surface area contributed by atoms with Crippen molar-refractivity contribution >= 4 is 29.0 Å². The molecular formula is C20H16FN5O2S2. The Bertz CT molecular complexity index is 1120. The molecule has 7 nitrogen and oxygen atoms in total. The van der Waals surface area contributed by atoms with Crippen LogP contribution < -0.4 is 5.32 Å². The number of aromatic hydroxyl groups is 1. The van der Waals surface area contributed by atoms with Crippen molar-refractivity contribution in [2.75, 3.05) is 5.75 Å². The maximum Gasteiger partial charge on any atom is 0.231 e. The summed E-state index contributed by atoms with van der Waals surface area (Å²) < 4.78 is 14.8. The molecule has 1 amide bonds. The van der Waals surface area contributed by atoms with Crippen LogP contribution in [-0.2, 0) is 4.79 Å². The molecule has 0 spiro atoms. The summed E-state index contributed by atoms with van der Waals surface area (Å²) in [5, 5.41) is 26.4. The third-order valence-electron chi connectivity index (χ3n) is 4.20. The number of nitrogens with one attached hydrogen (secondary N) is 1. The highest BCUT2D eigenvalue weighted by molar-refractivity contribution is 7.99. The smallest absolute Gasteiger partial charge is 0.231 e. The minimum Gasteiger partial charge on any atom is -0.508 e. The molecule has 0 aliphatic rings. The van der Waals surface area contributed by atoms with Gasteiger partial charge >= 0.3 is 0 Å². The topological polar surface area (TPSA) is 92.9 Å². The van der Waals surface area contributed by atoms with Gasteiger partial charge < -0.3 is 10.4 Å². The number of halogens is 1. The Labute approximate surface area is 179 Å². The molecule has 2 N–H and O–H groups in total. The summed E-state index contributed by atoms with van der Waals surface area (Å²) in [4.78, 5) is 13.6. The van der Waals surface area contributed by atoms with Gasteiger partial charge in [-0.3, -0.25) is 4.79 Å². The van der Waals surface area contributed by atoms with Crippen molar-refractivity contribution in [1.29, 1.82) is 0 Å². The molecule has 10 heteroatoms. The normalized spacial score (nSPS) is 11.9. The molecular weight excluding hydrogens is 425 g/mol. The standard InChI is InChI=1S/C20H16FN5O2S2/c21-14-5-3-13(4-6-14)19(17-2-1-11-29-17)22-18(28)12-30-20-23-24-25-26(20)15-7-9-16(27)10-8-15/h1-11,19,27H,12H2,(H,22,28)/t19-/m1/s1. The number of carbonyl (C=O) groups is 1. The van der Waals surface area contributed by atoms with E-state index in [0.29, 0.717) is 10.8 Å². The zero-order chi connectivity index (χ0) is 20.9. The van der Waals surface area contributed by atoms with Gasteiger partial charge in [0.15, 0.2) is 0 Å². The van der Waals surface area contributed by atoms with Crippen LogP contribution in [0.3, 0.4) is 0 Å². The lowest BCUT2D eigenvalue weighted by atomic mass is 10.1. The molecule has 0 fully saturated rings. The zero-order valence-corrected chi connectivity index (χ0v) is 17.1. The van der Waals surface area contributed by atoms with Gasteiger partial charge in [-0.2, -0.15) is 4.68 Å². The van der Waals surface area contributed by atoms with E-state index < -0.39 is 0 Å². The number of amides is 1. The van der Waals surface area contributed by atoms with Gasteiger partial charge in [0.2, 0.25) is 11.1 Å². The zero-order valence-electron chi connectivity index (χ0n) is 15.5. The fraction of sp³-hybridized carbons (Fsp3) is 0.100. The van der Waals surface area contributed by atoms with E-state index in [1.807, 2.05) is 17.5 Å². The molecule has 30 heavy (non-hydrogen) atoms. The van der Waals surface area contributed by atoms with Crippen LogP contribution in [0.1, 0.15) is 16.5 Å². The van der Waals surface area contributed by atoms with Crippen molar-refractivity contribution in [3.63, 3.8) is 0 Å². The Hall–Kier alpha value is -3.24. The number of benzene rings is 2. The summed E-state index contributed by atoms with van der Waals surface area (Å²) in [5.41, 5.74) is 1.47. The average Bonchev–Trinajstić information content (AvgIpc) is 3.44. The van der Waals surface area contributed by atoms with Crippen molar-refractivity contribution in [3.8, 4) is 11.4 Å². The van der Waals surface area contributed by atoms with E-state index >= 15 is 0 Å². The van der Waals surface area contributed by atoms with E-state index in [2.05, 4.69) is 20.8 Å². The molecule has 4 aromatic rings. The number of tetrazole rings is 1. The number of nitrogens with zero attached hydrogens (tertiary/aromatic N) is 4. The predicted octanol–water partition coefficient (Wildman–Crippen LogP) is 3.57. The minimum atomic E-state index is -0.369.